The number of rotatable bonds is 6. The third-order valence-corrected chi connectivity index (χ3v) is 4.74. The van der Waals surface area contributed by atoms with Gasteiger partial charge in [0.1, 0.15) is 0 Å². The smallest absolute Gasteiger partial charge is 0.0534 e. The van der Waals surface area contributed by atoms with Crippen LogP contribution < -0.4 is 5.32 Å². The van der Waals surface area contributed by atoms with E-state index >= 15 is 0 Å². The maximum Gasteiger partial charge on any atom is 0.0534 e. The molecule has 112 valence electrons. The highest BCUT2D eigenvalue weighted by atomic mass is 15.3. The molecule has 1 aromatic heterocycles. The van der Waals surface area contributed by atoms with Crippen molar-refractivity contribution in [3.8, 4) is 0 Å². The van der Waals surface area contributed by atoms with Gasteiger partial charge in [-0.2, -0.15) is 5.10 Å². The van der Waals surface area contributed by atoms with Crippen molar-refractivity contribution in [2.24, 2.45) is 5.92 Å². The zero-order valence-electron chi connectivity index (χ0n) is 12.9. The third-order valence-electron chi connectivity index (χ3n) is 4.74. The lowest BCUT2D eigenvalue weighted by atomic mass is 10.0. The van der Waals surface area contributed by atoms with Crippen LogP contribution in [-0.2, 0) is 13.1 Å². The molecular formula is C16H28N4. The molecule has 0 bridgehead atoms. The van der Waals surface area contributed by atoms with Crippen molar-refractivity contribution in [2.75, 3.05) is 13.1 Å². The minimum absolute atomic E-state index is 0.677. The van der Waals surface area contributed by atoms with Gasteiger partial charge in [-0.15, -0.1) is 0 Å². The van der Waals surface area contributed by atoms with Gasteiger partial charge in [-0.05, 0) is 32.1 Å². The lowest BCUT2D eigenvalue weighted by Gasteiger charge is -2.40. The summed E-state index contributed by atoms with van der Waals surface area (Å²) in [6.45, 7) is 8.84. The number of aromatic nitrogens is 2. The largest absolute Gasteiger partial charge is 0.311 e. The molecule has 0 radical (unpaired) electrons. The van der Waals surface area contributed by atoms with Crippen LogP contribution in [0.15, 0.2) is 12.4 Å². The molecule has 4 heteroatoms. The van der Waals surface area contributed by atoms with E-state index in [-0.39, 0.29) is 0 Å². The topological polar surface area (TPSA) is 33.1 Å². The summed E-state index contributed by atoms with van der Waals surface area (Å²) < 4.78 is 2.03. The average Bonchev–Trinajstić information content (AvgIpc) is 3.19. The zero-order valence-corrected chi connectivity index (χ0v) is 12.9. The van der Waals surface area contributed by atoms with Crippen LogP contribution >= 0.6 is 0 Å². The van der Waals surface area contributed by atoms with Crippen molar-refractivity contribution in [3.05, 3.63) is 18.0 Å². The molecule has 2 aliphatic rings. The third kappa shape index (κ3) is 3.23. The first-order valence-corrected chi connectivity index (χ1v) is 8.29. The van der Waals surface area contributed by atoms with Crippen molar-refractivity contribution in [3.63, 3.8) is 0 Å². The Morgan fingerprint density at radius 1 is 1.35 bits per heavy atom. The SMILES string of the molecule is CCCC1CN(Cc2cnn(CC)c2)C(C2CC2)CN1. The summed E-state index contributed by atoms with van der Waals surface area (Å²) in [6.07, 6.45) is 9.67. The second-order valence-electron chi connectivity index (χ2n) is 6.43. The molecule has 2 fully saturated rings. The highest BCUT2D eigenvalue weighted by Gasteiger charge is 2.38. The molecule has 1 aliphatic heterocycles. The van der Waals surface area contributed by atoms with E-state index in [9.17, 15) is 0 Å². The zero-order chi connectivity index (χ0) is 13.9. The van der Waals surface area contributed by atoms with E-state index in [1.807, 2.05) is 10.9 Å². The summed E-state index contributed by atoms with van der Waals surface area (Å²) >= 11 is 0. The fraction of sp³-hybridized carbons (Fsp3) is 0.812. The van der Waals surface area contributed by atoms with Gasteiger partial charge in [-0.1, -0.05) is 13.3 Å². The molecule has 1 saturated carbocycles. The molecule has 0 amide bonds. The van der Waals surface area contributed by atoms with Crippen LogP contribution in [0.4, 0.5) is 0 Å². The van der Waals surface area contributed by atoms with Gasteiger partial charge in [0.25, 0.3) is 0 Å². The van der Waals surface area contributed by atoms with Gasteiger partial charge >= 0.3 is 0 Å². The molecular weight excluding hydrogens is 248 g/mol. The standard InChI is InChI=1S/C16H28N4/c1-3-5-15-12-19(16(9-17-15)14-6-7-14)10-13-8-18-20(4-2)11-13/h8,11,14-17H,3-7,9-10,12H2,1-2H3. The first-order valence-electron chi connectivity index (χ1n) is 8.29. The number of piperazine rings is 1. The van der Waals surface area contributed by atoms with E-state index in [0.29, 0.717) is 6.04 Å². The van der Waals surface area contributed by atoms with Crippen LogP contribution in [0.2, 0.25) is 0 Å². The van der Waals surface area contributed by atoms with Gasteiger partial charge in [0.2, 0.25) is 0 Å². The van der Waals surface area contributed by atoms with Crippen LogP contribution in [0.3, 0.4) is 0 Å². The molecule has 20 heavy (non-hydrogen) atoms. The van der Waals surface area contributed by atoms with Crippen molar-refractivity contribution >= 4 is 0 Å². The highest BCUT2D eigenvalue weighted by Crippen LogP contribution is 2.37. The normalized spacial score (nSPS) is 27.9. The molecule has 2 atom stereocenters. The summed E-state index contributed by atoms with van der Waals surface area (Å²) in [5.41, 5.74) is 1.37. The van der Waals surface area contributed by atoms with Crippen LogP contribution in [0.5, 0.6) is 0 Å². The number of nitrogens with zero attached hydrogens (tertiary/aromatic N) is 3. The monoisotopic (exact) mass is 276 g/mol. The van der Waals surface area contributed by atoms with Gasteiger partial charge in [0, 0.05) is 50.0 Å². The summed E-state index contributed by atoms with van der Waals surface area (Å²) in [6, 6.07) is 1.42. The van der Waals surface area contributed by atoms with E-state index in [2.05, 4.69) is 35.4 Å². The lowest BCUT2D eigenvalue weighted by molar-refractivity contribution is 0.104. The summed E-state index contributed by atoms with van der Waals surface area (Å²) in [7, 11) is 0. The molecule has 2 heterocycles. The predicted octanol–water partition coefficient (Wildman–Crippen LogP) is 2.26. The van der Waals surface area contributed by atoms with Gasteiger partial charge in [-0.3, -0.25) is 9.58 Å². The van der Waals surface area contributed by atoms with Gasteiger partial charge in [0.05, 0.1) is 6.20 Å². The molecule has 1 N–H and O–H groups in total. The van der Waals surface area contributed by atoms with Crippen LogP contribution in [0.1, 0.15) is 45.1 Å². The van der Waals surface area contributed by atoms with Crippen LogP contribution in [0, 0.1) is 5.92 Å². The van der Waals surface area contributed by atoms with Gasteiger partial charge in [0.15, 0.2) is 0 Å². The van der Waals surface area contributed by atoms with Crippen molar-refractivity contribution < 1.29 is 0 Å². The van der Waals surface area contributed by atoms with E-state index in [4.69, 9.17) is 0 Å². The lowest BCUT2D eigenvalue weighted by Crippen LogP contribution is -2.56. The number of nitrogens with one attached hydrogen (secondary N) is 1. The Labute approximate surface area is 122 Å². The molecule has 0 aromatic carbocycles. The summed E-state index contributed by atoms with van der Waals surface area (Å²) in [5, 5.41) is 8.18. The molecule has 0 spiro atoms. The van der Waals surface area contributed by atoms with Crippen LogP contribution in [0.25, 0.3) is 0 Å². The molecule has 1 saturated heterocycles. The van der Waals surface area contributed by atoms with Gasteiger partial charge in [-0.25, -0.2) is 0 Å². The highest BCUT2D eigenvalue weighted by molar-refractivity contribution is 5.06. The van der Waals surface area contributed by atoms with E-state index in [0.717, 1.165) is 25.0 Å². The van der Waals surface area contributed by atoms with Crippen molar-refractivity contribution in [1.29, 1.82) is 0 Å². The molecule has 4 nitrogen and oxygen atoms in total. The Balaban J connectivity index is 1.65. The summed E-state index contributed by atoms with van der Waals surface area (Å²) in [4.78, 5) is 2.71. The average molecular weight is 276 g/mol. The number of hydrogen-bond donors (Lipinski definition) is 1. The fourth-order valence-corrected chi connectivity index (χ4v) is 3.46. The maximum atomic E-state index is 4.42. The molecule has 3 rings (SSSR count). The van der Waals surface area contributed by atoms with Crippen LogP contribution in [-0.4, -0.2) is 39.9 Å². The quantitative estimate of drug-likeness (QED) is 0.865. The number of aryl methyl sites for hydroxylation is 1. The van der Waals surface area contributed by atoms with E-state index in [1.54, 1.807) is 0 Å². The Morgan fingerprint density at radius 2 is 2.20 bits per heavy atom. The molecule has 2 unspecified atom stereocenters. The van der Waals surface area contributed by atoms with E-state index in [1.165, 1.54) is 44.3 Å². The maximum absolute atomic E-state index is 4.42. The van der Waals surface area contributed by atoms with Crippen molar-refractivity contribution in [2.45, 2.75) is 64.7 Å². The second kappa shape index (κ2) is 6.27. The predicted molar refractivity (Wildman–Crippen MR) is 81.5 cm³/mol. The Hall–Kier alpha value is -0.870. The minimum atomic E-state index is 0.677. The van der Waals surface area contributed by atoms with E-state index < -0.39 is 0 Å². The van der Waals surface area contributed by atoms with Gasteiger partial charge < -0.3 is 5.32 Å². The first-order chi connectivity index (χ1) is 9.80. The minimum Gasteiger partial charge on any atom is -0.311 e. The first kappa shape index (κ1) is 14.1. The summed E-state index contributed by atoms with van der Waals surface area (Å²) in [5.74, 6) is 0.936. The second-order valence-corrected chi connectivity index (χ2v) is 6.43. The molecule has 1 aromatic rings. The Kier molecular flexibility index (Phi) is 4.41. The number of hydrogen-bond acceptors (Lipinski definition) is 3. The Morgan fingerprint density at radius 3 is 2.85 bits per heavy atom. The van der Waals surface area contributed by atoms with Crippen molar-refractivity contribution in [1.82, 2.24) is 20.0 Å². The fourth-order valence-electron chi connectivity index (χ4n) is 3.46. The molecule has 1 aliphatic carbocycles. The Bertz CT molecular complexity index is 424.